The Morgan fingerprint density at radius 2 is 2.11 bits per heavy atom. The molecule has 0 saturated carbocycles. The SMILES string of the molecule is Cc1ncc(-c2ccc3c(c2)NC(=O)C3(C)C)o1. The number of oxazole rings is 1. The number of aromatic nitrogens is 1. The number of aryl methyl sites for hydroxylation is 1. The summed E-state index contributed by atoms with van der Waals surface area (Å²) < 4.78 is 5.48. The number of carbonyl (C=O) groups is 1. The van der Waals surface area contributed by atoms with Crippen molar-refractivity contribution in [3.63, 3.8) is 0 Å². The molecule has 4 nitrogen and oxygen atoms in total. The summed E-state index contributed by atoms with van der Waals surface area (Å²) in [6, 6.07) is 5.86. The van der Waals surface area contributed by atoms with E-state index in [4.69, 9.17) is 4.42 Å². The molecule has 2 aromatic rings. The van der Waals surface area contributed by atoms with E-state index in [0.717, 1.165) is 16.8 Å². The highest BCUT2D eigenvalue weighted by Gasteiger charge is 2.38. The van der Waals surface area contributed by atoms with Crippen LogP contribution in [0.4, 0.5) is 5.69 Å². The molecule has 18 heavy (non-hydrogen) atoms. The van der Waals surface area contributed by atoms with Crippen LogP contribution in [-0.2, 0) is 10.2 Å². The van der Waals surface area contributed by atoms with Crippen LogP contribution in [0.5, 0.6) is 0 Å². The third-order valence-corrected chi connectivity index (χ3v) is 3.41. The molecule has 0 unspecified atom stereocenters. The van der Waals surface area contributed by atoms with Gasteiger partial charge in [0.1, 0.15) is 0 Å². The van der Waals surface area contributed by atoms with Gasteiger partial charge < -0.3 is 9.73 Å². The summed E-state index contributed by atoms with van der Waals surface area (Å²) in [7, 11) is 0. The average Bonchev–Trinajstić information content (AvgIpc) is 2.83. The Balaban J connectivity index is 2.09. The molecule has 0 bridgehead atoms. The molecule has 2 heterocycles. The van der Waals surface area contributed by atoms with Crippen molar-refractivity contribution >= 4 is 11.6 Å². The van der Waals surface area contributed by atoms with Crippen molar-refractivity contribution in [3.05, 3.63) is 35.9 Å². The van der Waals surface area contributed by atoms with Crippen molar-refractivity contribution in [1.82, 2.24) is 4.98 Å². The summed E-state index contributed by atoms with van der Waals surface area (Å²) in [4.78, 5) is 15.9. The van der Waals surface area contributed by atoms with Crippen LogP contribution >= 0.6 is 0 Å². The lowest BCUT2D eigenvalue weighted by atomic mass is 9.86. The molecule has 0 radical (unpaired) electrons. The van der Waals surface area contributed by atoms with E-state index in [2.05, 4.69) is 10.3 Å². The predicted octanol–water partition coefficient (Wildman–Crippen LogP) is 2.88. The summed E-state index contributed by atoms with van der Waals surface area (Å²) in [5.41, 5.74) is 2.34. The Morgan fingerprint density at radius 1 is 1.33 bits per heavy atom. The largest absolute Gasteiger partial charge is 0.441 e. The van der Waals surface area contributed by atoms with E-state index in [1.165, 1.54) is 0 Å². The van der Waals surface area contributed by atoms with Gasteiger partial charge in [-0.3, -0.25) is 4.79 Å². The van der Waals surface area contributed by atoms with Gasteiger partial charge in [0.15, 0.2) is 11.7 Å². The molecule has 0 atom stereocenters. The topological polar surface area (TPSA) is 55.1 Å². The minimum atomic E-state index is -0.467. The second kappa shape index (κ2) is 3.45. The quantitative estimate of drug-likeness (QED) is 0.836. The Morgan fingerprint density at radius 3 is 2.78 bits per heavy atom. The van der Waals surface area contributed by atoms with Gasteiger partial charge in [-0.2, -0.15) is 0 Å². The molecule has 1 N–H and O–H groups in total. The maximum Gasteiger partial charge on any atom is 0.234 e. The summed E-state index contributed by atoms with van der Waals surface area (Å²) >= 11 is 0. The van der Waals surface area contributed by atoms with Crippen molar-refractivity contribution in [2.75, 3.05) is 5.32 Å². The number of anilines is 1. The predicted molar refractivity (Wildman–Crippen MR) is 68.3 cm³/mol. The molecule has 92 valence electrons. The highest BCUT2D eigenvalue weighted by atomic mass is 16.4. The molecule has 1 aromatic heterocycles. The van der Waals surface area contributed by atoms with Gasteiger partial charge >= 0.3 is 0 Å². The normalized spacial score (nSPS) is 16.5. The zero-order valence-electron chi connectivity index (χ0n) is 10.6. The molecule has 0 aliphatic carbocycles. The van der Waals surface area contributed by atoms with E-state index < -0.39 is 5.41 Å². The van der Waals surface area contributed by atoms with Crippen LogP contribution in [0.1, 0.15) is 25.3 Å². The summed E-state index contributed by atoms with van der Waals surface area (Å²) in [6.45, 7) is 5.65. The number of hydrogen-bond acceptors (Lipinski definition) is 3. The minimum Gasteiger partial charge on any atom is -0.441 e. The molecule has 0 spiro atoms. The number of nitrogens with zero attached hydrogens (tertiary/aromatic N) is 1. The number of fused-ring (bicyclic) bond motifs is 1. The van der Waals surface area contributed by atoms with Gasteiger partial charge in [-0.25, -0.2) is 4.98 Å². The van der Waals surface area contributed by atoms with Crippen molar-refractivity contribution in [2.45, 2.75) is 26.2 Å². The summed E-state index contributed by atoms with van der Waals surface area (Å²) in [5.74, 6) is 1.38. The van der Waals surface area contributed by atoms with E-state index in [0.29, 0.717) is 11.7 Å². The van der Waals surface area contributed by atoms with Crippen molar-refractivity contribution in [3.8, 4) is 11.3 Å². The molecule has 0 fully saturated rings. The van der Waals surface area contributed by atoms with Gasteiger partial charge in [0.2, 0.25) is 5.91 Å². The molecular weight excluding hydrogens is 228 g/mol. The van der Waals surface area contributed by atoms with Crippen molar-refractivity contribution in [2.24, 2.45) is 0 Å². The third-order valence-electron chi connectivity index (χ3n) is 3.41. The van der Waals surface area contributed by atoms with Gasteiger partial charge in [0.05, 0.1) is 11.6 Å². The van der Waals surface area contributed by atoms with Crippen LogP contribution in [0.15, 0.2) is 28.8 Å². The van der Waals surface area contributed by atoms with Crippen molar-refractivity contribution < 1.29 is 9.21 Å². The molecule has 0 saturated heterocycles. The number of amides is 1. The Bertz CT molecular complexity index is 641. The van der Waals surface area contributed by atoms with E-state index in [1.807, 2.05) is 39.0 Å². The first-order valence-corrected chi connectivity index (χ1v) is 5.87. The van der Waals surface area contributed by atoms with Crippen molar-refractivity contribution in [1.29, 1.82) is 0 Å². The van der Waals surface area contributed by atoms with Gasteiger partial charge in [-0.15, -0.1) is 0 Å². The van der Waals surface area contributed by atoms with E-state index in [9.17, 15) is 4.79 Å². The first kappa shape index (κ1) is 11.0. The first-order chi connectivity index (χ1) is 8.48. The molecular formula is C14H14N2O2. The number of benzene rings is 1. The number of nitrogens with one attached hydrogen (secondary N) is 1. The van der Waals surface area contributed by atoms with E-state index in [-0.39, 0.29) is 5.91 Å². The number of rotatable bonds is 1. The second-order valence-corrected chi connectivity index (χ2v) is 5.08. The Hall–Kier alpha value is -2.10. The maximum absolute atomic E-state index is 11.9. The summed E-state index contributed by atoms with van der Waals surface area (Å²) in [6.07, 6.45) is 1.69. The highest BCUT2D eigenvalue weighted by molar-refractivity contribution is 6.06. The highest BCUT2D eigenvalue weighted by Crippen LogP contribution is 2.39. The van der Waals surface area contributed by atoms with Gasteiger partial charge in [-0.1, -0.05) is 12.1 Å². The zero-order chi connectivity index (χ0) is 12.9. The molecule has 1 amide bonds. The van der Waals surface area contributed by atoms with Gasteiger partial charge in [0, 0.05) is 18.2 Å². The molecule has 4 heteroatoms. The average molecular weight is 242 g/mol. The molecule has 1 aliphatic rings. The Labute approximate surface area is 105 Å². The van der Waals surface area contributed by atoms with Gasteiger partial charge in [0.25, 0.3) is 0 Å². The summed E-state index contributed by atoms with van der Waals surface area (Å²) in [5, 5.41) is 2.90. The number of hydrogen-bond donors (Lipinski definition) is 1. The number of carbonyl (C=O) groups excluding carboxylic acids is 1. The fourth-order valence-electron chi connectivity index (χ4n) is 2.24. The van der Waals surface area contributed by atoms with E-state index >= 15 is 0 Å². The lowest BCUT2D eigenvalue weighted by Gasteiger charge is -2.14. The fourth-order valence-corrected chi connectivity index (χ4v) is 2.24. The Kier molecular flexibility index (Phi) is 2.11. The monoisotopic (exact) mass is 242 g/mol. The lowest BCUT2D eigenvalue weighted by Crippen LogP contribution is -2.26. The smallest absolute Gasteiger partial charge is 0.234 e. The lowest BCUT2D eigenvalue weighted by molar-refractivity contribution is -0.119. The maximum atomic E-state index is 11.9. The fraction of sp³-hybridized carbons (Fsp3) is 0.286. The van der Waals surface area contributed by atoms with Crippen LogP contribution < -0.4 is 5.32 Å². The van der Waals surface area contributed by atoms with E-state index in [1.54, 1.807) is 6.20 Å². The zero-order valence-corrected chi connectivity index (χ0v) is 10.6. The van der Waals surface area contributed by atoms with Crippen LogP contribution in [0.2, 0.25) is 0 Å². The van der Waals surface area contributed by atoms with Crippen LogP contribution in [0, 0.1) is 6.92 Å². The molecule has 3 rings (SSSR count). The van der Waals surface area contributed by atoms with Crippen LogP contribution in [0.3, 0.4) is 0 Å². The second-order valence-electron chi connectivity index (χ2n) is 5.08. The van der Waals surface area contributed by atoms with Crippen LogP contribution in [0.25, 0.3) is 11.3 Å². The van der Waals surface area contributed by atoms with Gasteiger partial charge in [-0.05, 0) is 25.5 Å². The first-order valence-electron chi connectivity index (χ1n) is 5.87. The van der Waals surface area contributed by atoms with Crippen LogP contribution in [-0.4, -0.2) is 10.9 Å². The standard InChI is InChI=1S/C14H14N2O2/c1-8-15-7-12(18-8)9-4-5-10-11(6-9)16-13(17)14(10,2)3/h4-7H,1-3H3,(H,16,17). The molecule has 1 aromatic carbocycles. The minimum absolute atomic E-state index is 0.0309. The third kappa shape index (κ3) is 1.45. The molecule has 1 aliphatic heterocycles.